The predicted molar refractivity (Wildman–Crippen MR) is 108 cm³/mol. The van der Waals surface area contributed by atoms with Gasteiger partial charge in [-0.15, -0.1) is 0 Å². The molecule has 3 aromatic rings. The van der Waals surface area contributed by atoms with Gasteiger partial charge in [0.05, 0.1) is 5.57 Å². The Morgan fingerprint density at radius 2 is 2.07 bits per heavy atom. The van der Waals surface area contributed by atoms with Crippen molar-refractivity contribution in [2.24, 2.45) is 5.92 Å². The summed E-state index contributed by atoms with van der Waals surface area (Å²) in [6.07, 6.45) is 4.61. The summed E-state index contributed by atoms with van der Waals surface area (Å²) in [6, 6.07) is 7.92. The number of nitrogens with one attached hydrogen (secondary N) is 2. The van der Waals surface area contributed by atoms with Crippen molar-refractivity contribution in [2.75, 3.05) is 11.9 Å². The van der Waals surface area contributed by atoms with Gasteiger partial charge in [0.25, 0.3) is 0 Å². The maximum atomic E-state index is 12.7. The van der Waals surface area contributed by atoms with Gasteiger partial charge in [0, 0.05) is 36.4 Å². The minimum absolute atomic E-state index is 0.0154. The molecule has 0 radical (unpaired) electrons. The minimum atomic E-state index is -4.27. The second-order valence-electron chi connectivity index (χ2n) is 7.22. The lowest BCUT2D eigenvalue weighted by molar-refractivity contribution is -0.0887. The van der Waals surface area contributed by atoms with Crippen LogP contribution in [0.4, 0.5) is 19.0 Å². The number of halogens is 3. The summed E-state index contributed by atoms with van der Waals surface area (Å²) in [4.78, 5) is 12.1. The van der Waals surface area contributed by atoms with Gasteiger partial charge in [-0.1, -0.05) is 24.3 Å². The van der Waals surface area contributed by atoms with Gasteiger partial charge in [0.2, 0.25) is 0 Å². The molecule has 0 spiro atoms. The van der Waals surface area contributed by atoms with E-state index < -0.39 is 11.7 Å². The van der Waals surface area contributed by atoms with Crippen molar-refractivity contribution >= 4 is 16.9 Å². The van der Waals surface area contributed by atoms with E-state index in [2.05, 4.69) is 20.3 Å². The third kappa shape index (κ3) is 4.34. The summed E-state index contributed by atoms with van der Waals surface area (Å²) in [6.45, 7) is 2.50. The smallest absolute Gasteiger partial charge is 0.369 e. The van der Waals surface area contributed by atoms with E-state index in [1.807, 2.05) is 37.4 Å². The number of alkyl halides is 3. The maximum absolute atomic E-state index is 12.7. The molecule has 150 valence electrons. The summed E-state index contributed by atoms with van der Waals surface area (Å²) >= 11 is 0. The van der Waals surface area contributed by atoms with Crippen LogP contribution >= 0.6 is 0 Å². The monoisotopic (exact) mass is 398 g/mol. The van der Waals surface area contributed by atoms with Gasteiger partial charge in [0.1, 0.15) is 11.5 Å². The van der Waals surface area contributed by atoms with Crippen LogP contribution < -0.4 is 5.32 Å². The van der Waals surface area contributed by atoms with Crippen molar-refractivity contribution in [2.45, 2.75) is 25.9 Å². The van der Waals surface area contributed by atoms with E-state index in [9.17, 15) is 13.2 Å². The highest BCUT2D eigenvalue weighted by atomic mass is 19.4. The molecule has 1 unspecified atom stereocenters. The Hall–Kier alpha value is -3.09. The third-order valence-electron chi connectivity index (χ3n) is 5.17. The first-order valence-corrected chi connectivity index (χ1v) is 9.47. The average Bonchev–Trinajstić information content (AvgIpc) is 3.11. The van der Waals surface area contributed by atoms with Crippen molar-refractivity contribution in [1.82, 2.24) is 15.0 Å². The molecule has 0 saturated heterocycles. The lowest BCUT2D eigenvalue weighted by atomic mass is 9.96. The molecule has 0 bridgehead atoms. The minimum Gasteiger partial charge on any atom is -0.369 e. The Balaban J connectivity index is 1.38. The highest BCUT2D eigenvalue weighted by molar-refractivity contribution is 5.79. The van der Waals surface area contributed by atoms with Crippen LogP contribution in [0.1, 0.15) is 23.2 Å². The van der Waals surface area contributed by atoms with Crippen LogP contribution in [0.5, 0.6) is 0 Å². The van der Waals surface area contributed by atoms with Crippen LogP contribution in [-0.4, -0.2) is 27.7 Å². The topological polar surface area (TPSA) is 53.6 Å². The fraction of sp³-hybridized carbons (Fsp3) is 0.273. The molecule has 1 aliphatic carbocycles. The van der Waals surface area contributed by atoms with Crippen molar-refractivity contribution < 1.29 is 13.2 Å². The Bertz CT molecular complexity index is 1080. The number of aromatic nitrogens is 3. The van der Waals surface area contributed by atoms with E-state index in [1.54, 1.807) is 12.3 Å². The summed E-state index contributed by atoms with van der Waals surface area (Å²) in [5, 5.41) is 4.34. The second-order valence-corrected chi connectivity index (χ2v) is 7.22. The first-order valence-electron chi connectivity index (χ1n) is 9.47. The van der Waals surface area contributed by atoms with E-state index in [4.69, 9.17) is 0 Å². The Morgan fingerprint density at radius 3 is 2.79 bits per heavy atom. The molecule has 0 aromatic carbocycles. The molecule has 1 atom stereocenters. The lowest BCUT2D eigenvalue weighted by Crippen LogP contribution is -2.18. The second kappa shape index (κ2) is 7.73. The van der Waals surface area contributed by atoms with E-state index in [-0.39, 0.29) is 5.92 Å². The first kappa shape index (κ1) is 19.2. The molecule has 4 rings (SSSR count). The van der Waals surface area contributed by atoms with Crippen LogP contribution in [0, 0.1) is 12.8 Å². The first-order chi connectivity index (χ1) is 13.9. The number of rotatable bonds is 5. The van der Waals surface area contributed by atoms with Gasteiger partial charge in [-0.25, -0.2) is 9.97 Å². The lowest BCUT2D eigenvalue weighted by Gasteiger charge is -2.18. The van der Waals surface area contributed by atoms with E-state index in [1.165, 1.54) is 11.6 Å². The molecule has 0 aliphatic heterocycles. The van der Waals surface area contributed by atoms with E-state index in [0.717, 1.165) is 40.6 Å². The van der Waals surface area contributed by atoms with Gasteiger partial charge in [-0.3, -0.25) is 0 Å². The number of aromatic amines is 1. The summed E-state index contributed by atoms with van der Waals surface area (Å²) in [7, 11) is 0. The van der Waals surface area contributed by atoms with Gasteiger partial charge < -0.3 is 10.3 Å². The zero-order chi connectivity index (χ0) is 20.4. The molecule has 3 aromatic heterocycles. The zero-order valence-corrected chi connectivity index (χ0v) is 15.9. The molecule has 4 nitrogen and oxygen atoms in total. The van der Waals surface area contributed by atoms with Crippen LogP contribution in [0.3, 0.4) is 0 Å². The molecule has 0 saturated carbocycles. The van der Waals surface area contributed by atoms with E-state index in [0.29, 0.717) is 13.0 Å². The number of hydrogen-bond acceptors (Lipinski definition) is 3. The van der Waals surface area contributed by atoms with Crippen molar-refractivity contribution in [3.05, 3.63) is 77.3 Å². The quantitative estimate of drug-likeness (QED) is 0.610. The number of aryl methyl sites for hydroxylation is 1. The molecular weight excluding hydrogens is 377 g/mol. The molecule has 3 heterocycles. The van der Waals surface area contributed by atoms with Gasteiger partial charge >= 0.3 is 6.18 Å². The van der Waals surface area contributed by atoms with Gasteiger partial charge in [-0.05, 0) is 48.6 Å². The Kier molecular flexibility index (Phi) is 5.13. The summed E-state index contributed by atoms with van der Waals surface area (Å²) in [5.74, 6) is 0.743. The fourth-order valence-corrected chi connectivity index (χ4v) is 3.50. The SMILES string of the molecule is Cc1nc(NCC2C=CC(C(F)(F)F)=CC2)ccc1Cc1c[nH]c2ncccc12. The molecular formula is C22H21F3N4. The Morgan fingerprint density at radius 1 is 1.21 bits per heavy atom. The number of hydrogen-bond donors (Lipinski definition) is 2. The Labute approximate surface area is 166 Å². The summed E-state index contributed by atoms with van der Waals surface area (Å²) in [5.41, 5.74) is 3.51. The predicted octanol–water partition coefficient (Wildman–Crippen LogP) is 5.33. The molecule has 0 fully saturated rings. The van der Waals surface area contributed by atoms with Crippen LogP contribution in [0.15, 0.2) is 60.5 Å². The number of pyridine rings is 2. The highest BCUT2D eigenvalue weighted by Gasteiger charge is 2.32. The standard InChI is InChI=1S/C22H21F3N4/c1-14-16(11-17-13-28-21-19(17)3-2-10-26-21)6-9-20(29-14)27-12-15-4-7-18(8-5-15)22(23,24)25/h2-4,6-10,13,15H,5,11-12H2,1H3,(H,26,28)(H,27,29). The van der Waals surface area contributed by atoms with Crippen LogP contribution in [-0.2, 0) is 6.42 Å². The number of H-pyrrole nitrogens is 1. The van der Waals surface area contributed by atoms with Crippen molar-refractivity contribution in [1.29, 1.82) is 0 Å². The normalized spacial score (nSPS) is 16.8. The van der Waals surface area contributed by atoms with Crippen molar-refractivity contribution in [3.63, 3.8) is 0 Å². The van der Waals surface area contributed by atoms with Gasteiger partial charge in [0.15, 0.2) is 0 Å². The molecule has 1 aliphatic rings. The summed E-state index contributed by atoms with van der Waals surface area (Å²) < 4.78 is 38.0. The number of fused-ring (bicyclic) bond motifs is 1. The maximum Gasteiger partial charge on any atom is 0.416 e. The van der Waals surface area contributed by atoms with Crippen LogP contribution in [0.25, 0.3) is 11.0 Å². The third-order valence-corrected chi connectivity index (χ3v) is 5.17. The number of anilines is 1. The molecule has 7 heteroatoms. The average molecular weight is 398 g/mol. The number of allylic oxidation sites excluding steroid dienone is 3. The highest BCUT2D eigenvalue weighted by Crippen LogP contribution is 2.31. The molecule has 2 N–H and O–H groups in total. The molecule has 0 amide bonds. The number of nitrogens with zero attached hydrogens (tertiary/aromatic N) is 2. The van der Waals surface area contributed by atoms with Crippen LogP contribution in [0.2, 0.25) is 0 Å². The van der Waals surface area contributed by atoms with Crippen molar-refractivity contribution in [3.8, 4) is 0 Å². The van der Waals surface area contributed by atoms with E-state index >= 15 is 0 Å². The molecule has 29 heavy (non-hydrogen) atoms. The largest absolute Gasteiger partial charge is 0.416 e. The fourth-order valence-electron chi connectivity index (χ4n) is 3.50. The van der Waals surface area contributed by atoms with Gasteiger partial charge in [-0.2, -0.15) is 13.2 Å². The zero-order valence-electron chi connectivity index (χ0n) is 15.9.